The molecule has 2 aliphatic rings. The molecule has 27 heavy (non-hydrogen) atoms. The maximum Gasteiger partial charge on any atom is 0.338 e. The predicted molar refractivity (Wildman–Crippen MR) is 99.4 cm³/mol. The van der Waals surface area contributed by atoms with Gasteiger partial charge in [-0.1, -0.05) is 43.5 Å². The van der Waals surface area contributed by atoms with Gasteiger partial charge < -0.3 is 14.2 Å². The molecule has 0 saturated heterocycles. The molecule has 5 nitrogen and oxygen atoms in total. The molecule has 0 amide bonds. The van der Waals surface area contributed by atoms with Crippen molar-refractivity contribution in [3.63, 3.8) is 0 Å². The Morgan fingerprint density at radius 3 is 2.37 bits per heavy atom. The zero-order chi connectivity index (χ0) is 18.6. The molecular formula is C22H22O5. The molecule has 1 aliphatic heterocycles. The fraction of sp³-hybridized carbons (Fsp3) is 0.364. The van der Waals surface area contributed by atoms with E-state index in [1.165, 1.54) is 37.7 Å². The van der Waals surface area contributed by atoms with Crippen LogP contribution in [-0.2, 0) is 4.74 Å². The average Bonchev–Trinajstić information content (AvgIpc) is 3.20. The molecule has 1 saturated carbocycles. The smallest absolute Gasteiger partial charge is 0.338 e. The zero-order valence-electron chi connectivity index (χ0n) is 15.1. The van der Waals surface area contributed by atoms with Crippen LogP contribution in [0.3, 0.4) is 0 Å². The highest BCUT2D eigenvalue weighted by molar-refractivity contribution is 5.99. The second-order valence-corrected chi connectivity index (χ2v) is 7.02. The number of fused-ring (bicyclic) bond motifs is 1. The molecule has 0 N–H and O–H groups in total. The third-order valence-electron chi connectivity index (χ3n) is 5.25. The normalized spacial score (nSPS) is 16.1. The Morgan fingerprint density at radius 2 is 1.59 bits per heavy atom. The van der Waals surface area contributed by atoms with E-state index >= 15 is 0 Å². The summed E-state index contributed by atoms with van der Waals surface area (Å²) in [5.74, 6) is 0.946. The Hall–Kier alpha value is -2.82. The van der Waals surface area contributed by atoms with E-state index < -0.39 is 5.97 Å². The number of rotatable bonds is 5. The number of Topliss-reactive ketones (excluding diaryl/α,β-unsaturated/α-hetero) is 1. The summed E-state index contributed by atoms with van der Waals surface area (Å²) < 4.78 is 15.6. The maximum atomic E-state index is 12.3. The van der Waals surface area contributed by atoms with Crippen molar-refractivity contribution < 1.29 is 23.8 Å². The van der Waals surface area contributed by atoms with Gasteiger partial charge in [0.2, 0.25) is 6.79 Å². The van der Waals surface area contributed by atoms with E-state index in [1.807, 2.05) is 24.3 Å². The summed E-state index contributed by atoms with van der Waals surface area (Å²) in [7, 11) is 0. The average molecular weight is 366 g/mol. The van der Waals surface area contributed by atoms with Crippen LogP contribution in [-0.4, -0.2) is 25.2 Å². The SMILES string of the molecule is O=C(COC(=O)c1ccc2c(c1)OCO2)c1ccc(C2CCCCC2)cc1. The first-order valence-electron chi connectivity index (χ1n) is 9.40. The van der Waals surface area contributed by atoms with E-state index in [2.05, 4.69) is 0 Å². The van der Waals surface area contributed by atoms with Crippen molar-refractivity contribution >= 4 is 11.8 Å². The van der Waals surface area contributed by atoms with E-state index in [1.54, 1.807) is 18.2 Å². The number of hydrogen-bond donors (Lipinski definition) is 0. The second-order valence-electron chi connectivity index (χ2n) is 7.02. The van der Waals surface area contributed by atoms with Crippen molar-refractivity contribution in [1.82, 2.24) is 0 Å². The minimum atomic E-state index is -0.555. The van der Waals surface area contributed by atoms with Gasteiger partial charge in [-0.25, -0.2) is 4.79 Å². The summed E-state index contributed by atoms with van der Waals surface area (Å²) >= 11 is 0. The fourth-order valence-electron chi connectivity index (χ4n) is 3.70. The first kappa shape index (κ1) is 17.6. The van der Waals surface area contributed by atoms with Crippen LogP contribution in [0.15, 0.2) is 42.5 Å². The first-order valence-corrected chi connectivity index (χ1v) is 9.40. The van der Waals surface area contributed by atoms with Gasteiger partial charge in [-0.3, -0.25) is 4.79 Å². The lowest BCUT2D eigenvalue weighted by Gasteiger charge is -2.22. The van der Waals surface area contributed by atoms with Crippen LogP contribution in [0.1, 0.15) is 64.3 Å². The van der Waals surface area contributed by atoms with Crippen molar-refractivity contribution in [2.75, 3.05) is 13.4 Å². The molecule has 0 spiro atoms. The molecule has 140 valence electrons. The fourth-order valence-corrected chi connectivity index (χ4v) is 3.70. The highest BCUT2D eigenvalue weighted by Gasteiger charge is 2.19. The Kier molecular flexibility index (Phi) is 5.10. The lowest BCUT2D eigenvalue weighted by atomic mass is 9.84. The van der Waals surface area contributed by atoms with E-state index in [0.29, 0.717) is 28.5 Å². The van der Waals surface area contributed by atoms with E-state index in [4.69, 9.17) is 14.2 Å². The first-order chi connectivity index (χ1) is 13.2. The predicted octanol–water partition coefficient (Wildman–Crippen LogP) is 4.50. The van der Waals surface area contributed by atoms with Crippen LogP contribution in [0.4, 0.5) is 0 Å². The quantitative estimate of drug-likeness (QED) is 0.576. The molecule has 1 fully saturated rings. The van der Waals surface area contributed by atoms with Crippen molar-refractivity contribution in [3.05, 3.63) is 59.2 Å². The molecule has 0 radical (unpaired) electrons. The third kappa shape index (κ3) is 3.97. The molecule has 1 aliphatic carbocycles. The largest absolute Gasteiger partial charge is 0.454 e. The number of ketones is 1. The number of ether oxygens (including phenoxy) is 3. The standard InChI is InChI=1S/C22H22O5/c23-19(17-8-6-16(7-9-17)15-4-2-1-3-5-15)13-25-22(24)18-10-11-20-21(12-18)27-14-26-20/h6-12,15H,1-5,13-14H2. The summed E-state index contributed by atoms with van der Waals surface area (Å²) in [6.45, 7) is -0.140. The van der Waals surface area contributed by atoms with E-state index in [9.17, 15) is 9.59 Å². The Balaban J connectivity index is 1.34. The summed E-state index contributed by atoms with van der Waals surface area (Å²) in [6.07, 6.45) is 6.32. The van der Waals surface area contributed by atoms with Crippen LogP contribution in [0, 0.1) is 0 Å². The Bertz CT molecular complexity index is 834. The minimum Gasteiger partial charge on any atom is -0.454 e. The summed E-state index contributed by atoms with van der Waals surface area (Å²) in [6, 6.07) is 12.5. The highest BCUT2D eigenvalue weighted by Crippen LogP contribution is 2.33. The highest BCUT2D eigenvalue weighted by atomic mass is 16.7. The van der Waals surface area contributed by atoms with Gasteiger partial charge in [0.1, 0.15) is 0 Å². The van der Waals surface area contributed by atoms with Crippen LogP contribution in [0.5, 0.6) is 11.5 Å². The number of hydrogen-bond acceptors (Lipinski definition) is 5. The number of carbonyl (C=O) groups excluding carboxylic acids is 2. The van der Waals surface area contributed by atoms with Gasteiger partial charge in [0, 0.05) is 5.56 Å². The number of carbonyl (C=O) groups is 2. The Labute approximate surface area is 158 Å². The van der Waals surface area contributed by atoms with Crippen LogP contribution in [0.2, 0.25) is 0 Å². The molecule has 0 aromatic heterocycles. The molecule has 0 bridgehead atoms. The molecule has 2 aromatic carbocycles. The van der Waals surface area contributed by atoms with Gasteiger partial charge in [0.25, 0.3) is 0 Å². The summed E-state index contributed by atoms with van der Waals surface area (Å²) in [5, 5.41) is 0. The van der Waals surface area contributed by atoms with Gasteiger partial charge in [-0.15, -0.1) is 0 Å². The van der Waals surface area contributed by atoms with Crippen molar-refractivity contribution in [2.45, 2.75) is 38.0 Å². The third-order valence-corrected chi connectivity index (χ3v) is 5.25. The van der Waals surface area contributed by atoms with Crippen LogP contribution in [0.25, 0.3) is 0 Å². The monoisotopic (exact) mass is 366 g/mol. The molecular weight excluding hydrogens is 344 g/mol. The molecule has 4 rings (SSSR count). The second kappa shape index (κ2) is 7.82. The van der Waals surface area contributed by atoms with E-state index in [-0.39, 0.29) is 19.2 Å². The Morgan fingerprint density at radius 1 is 0.889 bits per heavy atom. The van der Waals surface area contributed by atoms with Gasteiger partial charge in [0.05, 0.1) is 5.56 Å². The lowest BCUT2D eigenvalue weighted by Crippen LogP contribution is -2.14. The summed E-state index contributed by atoms with van der Waals surface area (Å²) in [5.41, 5.74) is 2.19. The molecule has 2 aromatic rings. The number of benzene rings is 2. The van der Waals surface area contributed by atoms with Crippen LogP contribution >= 0.6 is 0 Å². The van der Waals surface area contributed by atoms with Gasteiger partial charge in [-0.2, -0.15) is 0 Å². The topological polar surface area (TPSA) is 61.8 Å². The van der Waals surface area contributed by atoms with Gasteiger partial charge >= 0.3 is 5.97 Å². The number of esters is 1. The lowest BCUT2D eigenvalue weighted by molar-refractivity contribution is 0.0474. The minimum absolute atomic E-state index is 0.142. The van der Waals surface area contributed by atoms with Gasteiger partial charge in [-0.05, 0) is 42.5 Å². The molecule has 5 heteroatoms. The molecule has 0 atom stereocenters. The van der Waals surface area contributed by atoms with E-state index in [0.717, 1.165) is 0 Å². The zero-order valence-corrected chi connectivity index (χ0v) is 15.1. The van der Waals surface area contributed by atoms with Crippen molar-refractivity contribution in [3.8, 4) is 11.5 Å². The van der Waals surface area contributed by atoms with Gasteiger partial charge in [0.15, 0.2) is 23.9 Å². The van der Waals surface area contributed by atoms with Crippen molar-refractivity contribution in [1.29, 1.82) is 0 Å². The van der Waals surface area contributed by atoms with Crippen LogP contribution < -0.4 is 9.47 Å². The van der Waals surface area contributed by atoms with Crippen molar-refractivity contribution in [2.24, 2.45) is 0 Å². The maximum absolute atomic E-state index is 12.3. The summed E-state index contributed by atoms with van der Waals surface area (Å²) in [4.78, 5) is 24.5. The molecule has 1 heterocycles. The molecule has 0 unspecified atom stereocenters.